The molecule has 0 spiro atoms. The van der Waals surface area contributed by atoms with Gasteiger partial charge in [-0.1, -0.05) is 44.1 Å². The van der Waals surface area contributed by atoms with E-state index in [1.807, 2.05) is 0 Å². The van der Waals surface area contributed by atoms with E-state index in [0.29, 0.717) is 6.61 Å². The summed E-state index contributed by atoms with van der Waals surface area (Å²) in [6, 6.07) is 0. The molecule has 128 valence electrons. The highest BCUT2D eigenvalue weighted by Crippen LogP contribution is 1.69. The number of esters is 1. The largest absolute Gasteiger partial charge is 1.00 e. The molecule has 0 N–H and O–H groups in total. The summed E-state index contributed by atoms with van der Waals surface area (Å²) in [6.45, 7) is 6.52. The van der Waals surface area contributed by atoms with Crippen molar-refractivity contribution in [3.05, 3.63) is 0 Å². The first-order valence-corrected chi connectivity index (χ1v) is 4.17. The zero-order valence-electron chi connectivity index (χ0n) is 8.80. The molecule has 0 saturated heterocycles. The molecule has 0 aliphatic heterocycles. The van der Waals surface area contributed by atoms with Gasteiger partial charge in [-0.15, -0.1) is 6.61 Å². The van der Waals surface area contributed by atoms with Crippen molar-refractivity contribution in [3.63, 3.8) is 0 Å². The predicted molar refractivity (Wildman–Crippen MR) is 83.0 cm³/mol. The summed E-state index contributed by atoms with van der Waals surface area (Å²) in [7, 11) is 0. The third kappa shape index (κ3) is 605. The first kappa shape index (κ1) is 62.3. The van der Waals surface area contributed by atoms with Crippen LogP contribution >= 0.6 is 11.6 Å². The monoisotopic (exact) mass is 326 g/mol. The molecule has 0 amide bonds. The SMILES string of the molecule is C.C.C.C.C.CC(=O)Cl.CCOC(C)=O.CC[O-].[Cl-]. The van der Waals surface area contributed by atoms with Gasteiger partial charge in [-0.25, -0.2) is 0 Å². The van der Waals surface area contributed by atoms with E-state index in [1.54, 1.807) is 13.8 Å². The molecule has 0 unspecified atom stereocenters. The molecule has 0 atom stereocenters. The van der Waals surface area contributed by atoms with Crippen LogP contribution in [0.5, 0.6) is 0 Å². The minimum atomic E-state index is -0.361. The molecular weight excluding hydrogens is 291 g/mol. The maximum atomic E-state index is 9.82. The van der Waals surface area contributed by atoms with E-state index in [0.717, 1.165) is 0 Å². The molecule has 0 fully saturated rings. The van der Waals surface area contributed by atoms with Gasteiger partial charge in [0, 0.05) is 13.8 Å². The maximum Gasteiger partial charge on any atom is 0.302 e. The van der Waals surface area contributed by atoms with E-state index < -0.39 is 0 Å². The van der Waals surface area contributed by atoms with Crippen LogP contribution in [0.1, 0.15) is 64.8 Å². The van der Waals surface area contributed by atoms with Crippen LogP contribution in [0.4, 0.5) is 0 Å². The van der Waals surface area contributed by atoms with Crippen LogP contribution < -0.4 is 17.5 Å². The molecule has 0 aromatic carbocycles. The van der Waals surface area contributed by atoms with Gasteiger partial charge in [0.15, 0.2) is 0 Å². The number of carbonyl (C=O) groups excluding carboxylic acids is 2. The standard InChI is InChI=1S/C4H8O2.C2H3ClO.C2H5O.5CH4.ClH/c1-3-6-4(2)5;1-2(3)4;1-2-3;;;;;;/h3H2,1-2H3;1H3;2H2,1H3;5*1H4;1H/q;;-1;;;;;;/p-1. The lowest BCUT2D eigenvalue weighted by Crippen LogP contribution is -3.00. The van der Waals surface area contributed by atoms with Gasteiger partial charge in [-0.2, -0.15) is 0 Å². The molecule has 6 heteroatoms. The maximum absolute atomic E-state index is 9.82. The third-order valence-electron chi connectivity index (χ3n) is 0.348. The Morgan fingerprint density at radius 1 is 1.00 bits per heavy atom. The normalized spacial score (nSPS) is 4.74. The number of hydrogen-bond donors (Lipinski definition) is 0. The average molecular weight is 327 g/mol. The Morgan fingerprint density at radius 3 is 1.16 bits per heavy atom. The second-order valence-corrected chi connectivity index (χ2v) is 2.22. The van der Waals surface area contributed by atoms with E-state index in [2.05, 4.69) is 16.3 Å². The lowest BCUT2D eigenvalue weighted by Gasteiger charge is -1.89. The Morgan fingerprint density at radius 2 is 1.16 bits per heavy atom. The average Bonchev–Trinajstić information content (AvgIpc) is 1.86. The summed E-state index contributed by atoms with van der Waals surface area (Å²) >= 11 is 4.64. The minimum Gasteiger partial charge on any atom is -1.00 e. The molecule has 0 saturated carbocycles. The van der Waals surface area contributed by atoms with Gasteiger partial charge in [-0.3, -0.25) is 9.59 Å². The first-order chi connectivity index (χ1) is 5.92. The second-order valence-electron chi connectivity index (χ2n) is 1.68. The van der Waals surface area contributed by atoms with E-state index in [-0.39, 0.29) is 67.4 Å². The molecular formula is C13H36Cl2O4-2. The van der Waals surface area contributed by atoms with Gasteiger partial charge in [0.1, 0.15) is 0 Å². The van der Waals surface area contributed by atoms with Gasteiger partial charge in [0.2, 0.25) is 5.24 Å². The van der Waals surface area contributed by atoms with Gasteiger partial charge in [0.05, 0.1) is 6.61 Å². The van der Waals surface area contributed by atoms with Crippen molar-refractivity contribution in [2.45, 2.75) is 64.8 Å². The van der Waals surface area contributed by atoms with Gasteiger partial charge < -0.3 is 22.3 Å². The fourth-order valence-corrected chi connectivity index (χ4v) is 0.203. The number of rotatable bonds is 1. The number of halogens is 2. The predicted octanol–water partition coefficient (Wildman–Crippen LogP) is 0.892. The highest BCUT2D eigenvalue weighted by Gasteiger charge is 1.81. The van der Waals surface area contributed by atoms with Crippen molar-refractivity contribution in [1.29, 1.82) is 0 Å². The summed E-state index contributed by atoms with van der Waals surface area (Å²) in [5.41, 5.74) is 0. The smallest absolute Gasteiger partial charge is 0.302 e. The lowest BCUT2D eigenvalue weighted by molar-refractivity contribution is -0.361. The summed E-state index contributed by atoms with van der Waals surface area (Å²) in [6.07, 6.45) is 0. The van der Waals surface area contributed by atoms with Crippen LogP contribution in [-0.2, 0) is 14.3 Å². The van der Waals surface area contributed by atoms with Gasteiger partial charge >= 0.3 is 5.97 Å². The van der Waals surface area contributed by atoms with Gasteiger partial charge in [0.25, 0.3) is 0 Å². The lowest BCUT2D eigenvalue weighted by atomic mass is 10.8. The van der Waals surface area contributed by atoms with E-state index in [1.165, 1.54) is 13.8 Å². The number of carbonyl (C=O) groups is 2. The third-order valence-corrected chi connectivity index (χ3v) is 0.348. The molecule has 19 heavy (non-hydrogen) atoms. The van der Waals surface area contributed by atoms with Crippen molar-refractivity contribution in [3.8, 4) is 0 Å². The van der Waals surface area contributed by atoms with Crippen LogP contribution in [0.3, 0.4) is 0 Å². The summed E-state index contributed by atoms with van der Waals surface area (Å²) in [4.78, 5) is 19.0. The first-order valence-electron chi connectivity index (χ1n) is 3.79. The molecule has 0 radical (unpaired) electrons. The van der Waals surface area contributed by atoms with Crippen molar-refractivity contribution < 1.29 is 31.8 Å². The molecule has 0 aromatic heterocycles. The van der Waals surface area contributed by atoms with E-state index in [4.69, 9.17) is 5.11 Å². The van der Waals surface area contributed by atoms with Crippen molar-refractivity contribution in [1.82, 2.24) is 0 Å². The molecule has 0 aliphatic rings. The molecule has 0 rings (SSSR count). The van der Waals surface area contributed by atoms with Crippen LogP contribution in [0.25, 0.3) is 0 Å². The zero-order chi connectivity index (χ0) is 11.3. The number of ether oxygens (including phenoxy) is 1. The zero-order valence-corrected chi connectivity index (χ0v) is 10.3. The molecule has 4 nitrogen and oxygen atoms in total. The molecule has 0 heterocycles. The van der Waals surface area contributed by atoms with E-state index in [9.17, 15) is 9.59 Å². The van der Waals surface area contributed by atoms with Gasteiger partial charge in [-0.05, 0) is 18.5 Å². The molecule has 0 aromatic rings. The Labute approximate surface area is 133 Å². The Kier molecular flexibility index (Phi) is 214. The Bertz CT molecular complexity index is 128. The quantitative estimate of drug-likeness (QED) is 0.530. The number of hydrogen-bond acceptors (Lipinski definition) is 4. The Hall–Kier alpha value is -0.320. The van der Waals surface area contributed by atoms with Crippen LogP contribution in [0, 0.1) is 0 Å². The fourth-order valence-electron chi connectivity index (χ4n) is 0.203. The van der Waals surface area contributed by atoms with Crippen molar-refractivity contribution in [2.24, 2.45) is 0 Å². The highest BCUT2D eigenvalue weighted by atomic mass is 35.5. The highest BCUT2D eigenvalue weighted by molar-refractivity contribution is 6.62. The summed E-state index contributed by atoms with van der Waals surface area (Å²) in [5, 5.41) is 8.57. The van der Waals surface area contributed by atoms with Crippen LogP contribution in [0.2, 0.25) is 0 Å². The van der Waals surface area contributed by atoms with Crippen molar-refractivity contribution in [2.75, 3.05) is 13.2 Å². The summed E-state index contributed by atoms with van der Waals surface area (Å²) < 4.78 is 4.40. The van der Waals surface area contributed by atoms with Crippen molar-refractivity contribution >= 4 is 22.8 Å². The van der Waals surface area contributed by atoms with E-state index >= 15 is 0 Å². The topological polar surface area (TPSA) is 66.4 Å². The summed E-state index contributed by atoms with van der Waals surface area (Å²) in [5.74, 6) is -0.211. The second kappa shape index (κ2) is 65.3. The Balaban J connectivity index is -0.0000000101. The van der Waals surface area contributed by atoms with Crippen LogP contribution in [0.15, 0.2) is 0 Å². The van der Waals surface area contributed by atoms with Crippen LogP contribution in [-0.4, -0.2) is 24.4 Å². The molecule has 0 bridgehead atoms. The minimum absolute atomic E-state index is 0. The molecule has 0 aliphatic carbocycles. The fraction of sp³-hybridized carbons (Fsp3) is 0.846.